The summed E-state index contributed by atoms with van der Waals surface area (Å²) in [6.07, 6.45) is 1.58. The Bertz CT molecular complexity index is 1120. The zero-order valence-electron chi connectivity index (χ0n) is 15.1. The van der Waals surface area contributed by atoms with Gasteiger partial charge in [-0.15, -0.1) is 11.3 Å². The van der Waals surface area contributed by atoms with E-state index in [0.717, 1.165) is 5.56 Å². The molecular weight excluding hydrogens is 381 g/mol. The smallest absolute Gasteiger partial charge is 0.260 e. The fourth-order valence-electron chi connectivity index (χ4n) is 2.87. The Kier molecular flexibility index (Phi) is 5.23. The van der Waals surface area contributed by atoms with Crippen molar-refractivity contribution >= 4 is 21.6 Å². The number of hydrogen-bond donors (Lipinski definition) is 1. The second-order valence-corrected chi connectivity index (χ2v) is 7.22. The molecule has 144 valence electrons. The lowest BCUT2D eigenvalue weighted by Gasteiger charge is -2.16. The van der Waals surface area contributed by atoms with E-state index in [1.807, 2.05) is 23.4 Å². The van der Waals surface area contributed by atoms with E-state index in [2.05, 4.69) is 9.97 Å². The lowest BCUT2D eigenvalue weighted by atomic mass is 10.2. The van der Waals surface area contributed by atoms with Gasteiger partial charge in [0.2, 0.25) is 0 Å². The SMILES string of the molecule is CN(CCOc1ccc(F)cc1)Cc1nc2scc(-c3ccco3)c2c(=O)[nH]1. The molecule has 4 aromatic rings. The third-order valence-corrected chi connectivity index (χ3v) is 5.13. The number of thiophene rings is 1. The van der Waals surface area contributed by atoms with Gasteiger partial charge in [0.05, 0.1) is 18.2 Å². The van der Waals surface area contributed by atoms with E-state index in [4.69, 9.17) is 9.15 Å². The van der Waals surface area contributed by atoms with Crippen LogP contribution in [0.3, 0.4) is 0 Å². The molecule has 0 saturated carbocycles. The molecule has 0 radical (unpaired) electrons. The van der Waals surface area contributed by atoms with Gasteiger partial charge in [0.15, 0.2) is 0 Å². The summed E-state index contributed by atoms with van der Waals surface area (Å²) in [6, 6.07) is 9.52. The first-order valence-corrected chi connectivity index (χ1v) is 9.59. The first-order valence-electron chi connectivity index (χ1n) is 8.71. The van der Waals surface area contributed by atoms with Gasteiger partial charge in [-0.3, -0.25) is 9.69 Å². The van der Waals surface area contributed by atoms with Crippen LogP contribution in [0.5, 0.6) is 5.75 Å². The summed E-state index contributed by atoms with van der Waals surface area (Å²) in [5.74, 6) is 1.57. The van der Waals surface area contributed by atoms with E-state index in [9.17, 15) is 9.18 Å². The van der Waals surface area contributed by atoms with E-state index in [1.165, 1.54) is 23.5 Å². The van der Waals surface area contributed by atoms with Gasteiger partial charge in [0.25, 0.3) is 5.56 Å². The number of nitrogens with one attached hydrogen (secondary N) is 1. The molecule has 0 bridgehead atoms. The van der Waals surface area contributed by atoms with E-state index in [0.29, 0.717) is 47.2 Å². The minimum atomic E-state index is -0.293. The van der Waals surface area contributed by atoms with Gasteiger partial charge in [0, 0.05) is 17.5 Å². The Labute approximate surface area is 164 Å². The quantitative estimate of drug-likeness (QED) is 0.510. The van der Waals surface area contributed by atoms with Crippen LogP contribution in [0.25, 0.3) is 21.5 Å². The maximum Gasteiger partial charge on any atom is 0.260 e. The van der Waals surface area contributed by atoms with Crippen molar-refractivity contribution < 1.29 is 13.5 Å². The van der Waals surface area contributed by atoms with Crippen LogP contribution < -0.4 is 10.3 Å². The Morgan fingerprint density at radius 1 is 1.29 bits per heavy atom. The molecule has 0 atom stereocenters. The minimum absolute atomic E-state index is 0.177. The minimum Gasteiger partial charge on any atom is -0.492 e. The highest BCUT2D eigenvalue weighted by Gasteiger charge is 2.15. The summed E-state index contributed by atoms with van der Waals surface area (Å²) >= 11 is 1.42. The van der Waals surface area contributed by atoms with Crippen LogP contribution in [0, 0.1) is 5.82 Å². The molecule has 0 amide bonds. The van der Waals surface area contributed by atoms with E-state index >= 15 is 0 Å². The van der Waals surface area contributed by atoms with Gasteiger partial charge in [-0.1, -0.05) is 0 Å². The van der Waals surface area contributed by atoms with Gasteiger partial charge >= 0.3 is 0 Å². The number of benzene rings is 1. The van der Waals surface area contributed by atoms with Crippen molar-refractivity contribution in [3.8, 4) is 17.1 Å². The van der Waals surface area contributed by atoms with Crippen LogP contribution in [-0.4, -0.2) is 35.1 Å². The van der Waals surface area contributed by atoms with Gasteiger partial charge in [-0.2, -0.15) is 0 Å². The number of likely N-dealkylation sites (N-methyl/N-ethyl adjacent to an activating group) is 1. The summed E-state index contributed by atoms with van der Waals surface area (Å²) in [6.45, 7) is 1.55. The lowest BCUT2D eigenvalue weighted by molar-refractivity contribution is 0.229. The number of nitrogens with zero attached hydrogens (tertiary/aromatic N) is 2. The third-order valence-electron chi connectivity index (χ3n) is 4.25. The maximum absolute atomic E-state index is 12.9. The van der Waals surface area contributed by atoms with Crippen molar-refractivity contribution in [2.45, 2.75) is 6.54 Å². The normalized spacial score (nSPS) is 11.4. The summed E-state index contributed by atoms with van der Waals surface area (Å²) in [5.41, 5.74) is 0.579. The summed E-state index contributed by atoms with van der Waals surface area (Å²) in [4.78, 5) is 22.7. The molecule has 6 nitrogen and oxygen atoms in total. The van der Waals surface area contributed by atoms with Crippen molar-refractivity contribution in [2.75, 3.05) is 20.2 Å². The van der Waals surface area contributed by atoms with Crippen LogP contribution in [0.15, 0.2) is 57.3 Å². The Morgan fingerprint density at radius 3 is 2.86 bits per heavy atom. The zero-order chi connectivity index (χ0) is 19.5. The summed E-state index contributed by atoms with van der Waals surface area (Å²) in [5, 5.41) is 2.43. The van der Waals surface area contributed by atoms with Crippen LogP contribution in [0.2, 0.25) is 0 Å². The first kappa shape index (κ1) is 18.4. The van der Waals surface area contributed by atoms with Crippen LogP contribution in [0.1, 0.15) is 5.82 Å². The standard InChI is InChI=1S/C20H18FN3O3S/c1-24(8-10-26-14-6-4-13(21)5-7-14)11-17-22-19(25)18-15(12-28-20(18)23-17)16-3-2-9-27-16/h2-7,9,12H,8,10-11H2,1H3,(H,22,23,25). The molecule has 3 aromatic heterocycles. The third kappa shape index (κ3) is 3.97. The number of aromatic amines is 1. The number of furan rings is 1. The number of H-pyrrole nitrogens is 1. The molecule has 0 aliphatic carbocycles. The van der Waals surface area contributed by atoms with Gasteiger partial charge in [-0.25, -0.2) is 9.37 Å². The molecule has 4 rings (SSSR count). The van der Waals surface area contributed by atoms with E-state index in [-0.39, 0.29) is 11.4 Å². The largest absolute Gasteiger partial charge is 0.492 e. The number of halogens is 1. The first-order chi connectivity index (χ1) is 13.6. The lowest BCUT2D eigenvalue weighted by Crippen LogP contribution is -2.26. The fraction of sp³-hybridized carbons (Fsp3) is 0.200. The molecule has 0 spiro atoms. The second kappa shape index (κ2) is 7.95. The van der Waals surface area contributed by atoms with Crippen molar-refractivity contribution in [1.82, 2.24) is 14.9 Å². The highest BCUT2D eigenvalue weighted by molar-refractivity contribution is 7.17. The molecule has 0 fully saturated rings. The van der Waals surface area contributed by atoms with Crippen molar-refractivity contribution in [1.29, 1.82) is 0 Å². The highest BCUT2D eigenvalue weighted by atomic mass is 32.1. The average molecular weight is 399 g/mol. The predicted molar refractivity (Wildman–Crippen MR) is 106 cm³/mol. The molecular formula is C20H18FN3O3S. The fourth-order valence-corrected chi connectivity index (χ4v) is 3.81. The zero-order valence-corrected chi connectivity index (χ0v) is 16.0. The summed E-state index contributed by atoms with van der Waals surface area (Å²) in [7, 11) is 1.92. The van der Waals surface area contributed by atoms with Gasteiger partial charge in [-0.05, 0) is 43.4 Å². The number of fused-ring (bicyclic) bond motifs is 1. The Balaban J connectivity index is 1.41. The summed E-state index contributed by atoms with van der Waals surface area (Å²) < 4.78 is 23.9. The van der Waals surface area contributed by atoms with Crippen molar-refractivity contribution in [2.24, 2.45) is 0 Å². The molecule has 8 heteroatoms. The highest BCUT2D eigenvalue weighted by Crippen LogP contribution is 2.30. The molecule has 0 unspecified atom stereocenters. The van der Waals surface area contributed by atoms with Crippen LogP contribution in [-0.2, 0) is 6.54 Å². The number of aromatic nitrogens is 2. The molecule has 28 heavy (non-hydrogen) atoms. The maximum atomic E-state index is 12.9. The van der Waals surface area contributed by atoms with Crippen LogP contribution in [0.4, 0.5) is 4.39 Å². The topological polar surface area (TPSA) is 71.4 Å². The Morgan fingerprint density at radius 2 is 2.11 bits per heavy atom. The number of rotatable bonds is 7. The van der Waals surface area contributed by atoms with Crippen LogP contribution >= 0.6 is 11.3 Å². The molecule has 0 aliphatic rings. The molecule has 1 N–H and O–H groups in total. The predicted octanol–water partition coefficient (Wildman–Crippen LogP) is 3.89. The average Bonchev–Trinajstić information content (AvgIpc) is 3.32. The number of hydrogen-bond acceptors (Lipinski definition) is 6. The van der Waals surface area contributed by atoms with Crippen molar-refractivity contribution in [3.05, 3.63) is 70.0 Å². The second-order valence-electron chi connectivity index (χ2n) is 6.36. The van der Waals surface area contributed by atoms with Crippen molar-refractivity contribution in [3.63, 3.8) is 0 Å². The Hall–Kier alpha value is -2.97. The number of ether oxygens (including phenoxy) is 1. The molecule has 0 saturated heterocycles. The van der Waals surface area contributed by atoms with Gasteiger partial charge in [0.1, 0.15) is 34.6 Å². The van der Waals surface area contributed by atoms with E-state index < -0.39 is 0 Å². The van der Waals surface area contributed by atoms with Gasteiger partial charge < -0.3 is 14.1 Å². The van der Waals surface area contributed by atoms with E-state index in [1.54, 1.807) is 24.5 Å². The molecule has 0 aliphatic heterocycles. The molecule has 3 heterocycles. The molecule has 1 aromatic carbocycles. The monoisotopic (exact) mass is 399 g/mol.